The van der Waals surface area contributed by atoms with Gasteiger partial charge in [0.05, 0.1) is 32.7 Å². The van der Waals surface area contributed by atoms with E-state index in [9.17, 15) is 34.2 Å². The van der Waals surface area contributed by atoms with Crippen LogP contribution in [0, 0.1) is 0 Å². The zero-order valence-electron chi connectivity index (χ0n) is 21.6. The van der Waals surface area contributed by atoms with Gasteiger partial charge in [-0.05, 0) is 19.9 Å². The molecule has 15 heteroatoms. The van der Waals surface area contributed by atoms with E-state index in [-0.39, 0.29) is 64.0 Å². The summed E-state index contributed by atoms with van der Waals surface area (Å²) in [6.07, 6.45) is 0.695. The number of rotatable bonds is 25. The van der Waals surface area contributed by atoms with Gasteiger partial charge in [-0.2, -0.15) is 0 Å². The molecule has 0 aromatic carbocycles. The van der Waals surface area contributed by atoms with Gasteiger partial charge in [0, 0.05) is 58.9 Å². The number of hydrogen-bond acceptors (Lipinski definition) is 11. The average molecular weight is 534 g/mol. The number of carboxylic acid groups (broad SMARTS) is 3. The minimum atomic E-state index is -1.13. The number of ketones is 1. The monoisotopic (exact) mass is 533 g/mol. The first-order chi connectivity index (χ1) is 17.5. The second-order valence-corrected chi connectivity index (χ2v) is 8.57. The molecular weight excluding hydrogens is 490 g/mol. The summed E-state index contributed by atoms with van der Waals surface area (Å²) >= 11 is 0. The van der Waals surface area contributed by atoms with Crippen LogP contribution < -0.4 is 21.7 Å². The van der Waals surface area contributed by atoms with Crippen LogP contribution in [0.2, 0.25) is 0 Å². The summed E-state index contributed by atoms with van der Waals surface area (Å²) in [7, 11) is 0. The van der Waals surface area contributed by atoms with Crippen molar-refractivity contribution in [1.29, 1.82) is 0 Å². The van der Waals surface area contributed by atoms with E-state index in [1.54, 1.807) is 0 Å². The Labute approximate surface area is 217 Å². The normalized spacial score (nSPS) is 11.3. The van der Waals surface area contributed by atoms with Gasteiger partial charge in [0.1, 0.15) is 5.78 Å². The van der Waals surface area contributed by atoms with Crippen LogP contribution in [0.5, 0.6) is 0 Å². The molecule has 0 aliphatic rings. The first-order valence-corrected chi connectivity index (χ1v) is 12.2. The Morgan fingerprint density at radius 2 is 1.08 bits per heavy atom. The van der Waals surface area contributed by atoms with Crippen LogP contribution >= 0.6 is 0 Å². The van der Waals surface area contributed by atoms with E-state index in [1.807, 2.05) is 0 Å². The number of carboxylic acids is 3. The van der Waals surface area contributed by atoms with E-state index in [4.69, 9.17) is 10.8 Å². The van der Waals surface area contributed by atoms with E-state index in [0.29, 0.717) is 26.1 Å². The lowest BCUT2D eigenvalue weighted by Crippen LogP contribution is -2.46. The molecule has 0 rings (SSSR count). The van der Waals surface area contributed by atoms with Gasteiger partial charge in [-0.3, -0.25) is 38.7 Å². The summed E-state index contributed by atoms with van der Waals surface area (Å²) in [5.74, 6) is -3.91. The third-order valence-corrected chi connectivity index (χ3v) is 5.01. The maximum absolute atomic E-state index is 12.3. The van der Waals surface area contributed by atoms with Crippen LogP contribution in [0.25, 0.3) is 0 Å². The van der Waals surface area contributed by atoms with Crippen LogP contribution in [0.3, 0.4) is 0 Å². The molecule has 0 spiro atoms. The predicted octanol–water partition coefficient (Wildman–Crippen LogP) is -3.62. The molecule has 214 valence electrons. The first-order valence-electron chi connectivity index (χ1n) is 12.2. The molecule has 0 atom stereocenters. The fraction of sp³-hybridized carbons (Fsp3) is 0.773. The van der Waals surface area contributed by atoms with Gasteiger partial charge in [0.2, 0.25) is 5.91 Å². The number of hydrogen-bond donors (Lipinski definition) is 7. The molecule has 0 aliphatic heterocycles. The Kier molecular flexibility index (Phi) is 19.8. The number of nitrogens with one attached hydrogen (secondary N) is 3. The number of nitrogens with zero attached hydrogens (tertiary/aromatic N) is 3. The standard InChI is InChI=1S/C22H43N7O8/c1-18(30)13-28(16-21(34)35)11-9-27(15-20(32)33)10-12-29(17-22(36)37)14-19(31)26-5-2-4-24-7-8-25-6-3-23/h24-25H,2-17,23H2,1H3,(H,26,31)(H,32,33)(H,34,35)(H,36,37). The van der Waals surface area contributed by atoms with Crippen molar-refractivity contribution in [2.24, 2.45) is 5.73 Å². The second kappa shape index (κ2) is 21.4. The molecule has 1 amide bonds. The molecule has 0 radical (unpaired) electrons. The maximum Gasteiger partial charge on any atom is 0.317 e. The number of amides is 1. The molecule has 0 unspecified atom stereocenters. The number of carbonyl (C=O) groups is 5. The molecule has 0 aliphatic carbocycles. The van der Waals surface area contributed by atoms with Crippen molar-refractivity contribution in [2.45, 2.75) is 13.3 Å². The molecule has 0 heterocycles. The van der Waals surface area contributed by atoms with E-state index in [2.05, 4.69) is 16.0 Å². The predicted molar refractivity (Wildman–Crippen MR) is 135 cm³/mol. The Bertz CT molecular complexity index is 695. The zero-order chi connectivity index (χ0) is 28.1. The lowest BCUT2D eigenvalue weighted by atomic mass is 10.3. The molecule has 15 nitrogen and oxygen atoms in total. The highest BCUT2D eigenvalue weighted by atomic mass is 16.4. The molecule has 0 bridgehead atoms. The SMILES string of the molecule is CC(=O)CN(CCN(CCN(CC(=O)O)CC(=O)NCCCNCCNCCN)CC(=O)O)CC(=O)O. The number of carbonyl (C=O) groups excluding carboxylic acids is 2. The van der Waals surface area contributed by atoms with Gasteiger partial charge < -0.3 is 37.0 Å². The number of Topliss-reactive ketones (excluding diaryl/α,β-unsaturated/α-hetero) is 1. The van der Waals surface area contributed by atoms with Crippen molar-refractivity contribution in [3.05, 3.63) is 0 Å². The van der Waals surface area contributed by atoms with Crippen molar-refractivity contribution >= 4 is 29.6 Å². The van der Waals surface area contributed by atoms with Crippen molar-refractivity contribution < 1.29 is 39.3 Å². The van der Waals surface area contributed by atoms with Gasteiger partial charge in [0.15, 0.2) is 0 Å². The molecule has 8 N–H and O–H groups in total. The van der Waals surface area contributed by atoms with Gasteiger partial charge in [-0.1, -0.05) is 0 Å². The molecule has 37 heavy (non-hydrogen) atoms. The Morgan fingerprint density at radius 1 is 0.622 bits per heavy atom. The summed E-state index contributed by atoms with van der Waals surface area (Å²) in [5.41, 5.74) is 5.39. The van der Waals surface area contributed by atoms with Crippen molar-refractivity contribution in [3.8, 4) is 0 Å². The molecular formula is C22H43N7O8. The van der Waals surface area contributed by atoms with Crippen molar-refractivity contribution in [3.63, 3.8) is 0 Å². The summed E-state index contributed by atoms with van der Waals surface area (Å²) in [5, 5.41) is 36.6. The second-order valence-electron chi connectivity index (χ2n) is 8.57. The third-order valence-electron chi connectivity index (χ3n) is 5.01. The molecule has 0 fully saturated rings. The van der Waals surface area contributed by atoms with Crippen LogP contribution in [0.4, 0.5) is 0 Å². The van der Waals surface area contributed by atoms with Gasteiger partial charge in [-0.25, -0.2) is 0 Å². The van der Waals surface area contributed by atoms with E-state index >= 15 is 0 Å². The first kappa shape index (κ1) is 34.3. The summed E-state index contributed by atoms with van der Waals surface area (Å²) < 4.78 is 0. The minimum absolute atomic E-state index is 0.0841. The Morgan fingerprint density at radius 3 is 1.57 bits per heavy atom. The molecule has 0 saturated carbocycles. The highest BCUT2D eigenvalue weighted by molar-refractivity contribution is 5.79. The van der Waals surface area contributed by atoms with Crippen molar-refractivity contribution in [1.82, 2.24) is 30.7 Å². The summed E-state index contributed by atoms with van der Waals surface area (Å²) in [6.45, 7) is 4.50. The number of nitrogens with two attached hydrogens (primary N) is 1. The fourth-order valence-corrected chi connectivity index (χ4v) is 3.38. The highest BCUT2D eigenvalue weighted by Gasteiger charge is 2.19. The number of aliphatic carboxylic acids is 3. The average Bonchev–Trinajstić information content (AvgIpc) is 2.78. The van der Waals surface area contributed by atoms with Crippen LogP contribution in [0.1, 0.15) is 13.3 Å². The molecule has 0 saturated heterocycles. The minimum Gasteiger partial charge on any atom is -0.480 e. The lowest BCUT2D eigenvalue weighted by Gasteiger charge is -2.27. The Hall–Kier alpha value is -2.69. The topological polar surface area (TPSA) is 218 Å². The van der Waals surface area contributed by atoms with E-state index in [1.165, 1.54) is 21.6 Å². The summed E-state index contributed by atoms with van der Waals surface area (Å²) in [6, 6.07) is 0. The molecule has 0 aromatic heterocycles. The van der Waals surface area contributed by atoms with Crippen LogP contribution in [0.15, 0.2) is 0 Å². The Balaban J connectivity index is 4.66. The maximum atomic E-state index is 12.3. The third kappa shape index (κ3) is 22.2. The molecule has 0 aromatic rings. The summed E-state index contributed by atoms with van der Waals surface area (Å²) in [4.78, 5) is 61.6. The fourth-order valence-electron chi connectivity index (χ4n) is 3.38. The lowest BCUT2D eigenvalue weighted by molar-refractivity contribution is -0.141. The van der Waals surface area contributed by atoms with Crippen LogP contribution in [-0.2, 0) is 24.0 Å². The van der Waals surface area contributed by atoms with Gasteiger partial charge >= 0.3 is 17.9 Å². The van der Waals surface area contributed by atoms with Crippen molar-refractivity contribution in [2.75, 3.05) is 98.2 Å². The van der Waals surface area contributed by atoms with Crippen LogP contribution in [-0.4, -0.2) is 158 Å². The van der Waals surface area contributed by atoms with Gasteiger partial charge in [-0.15, -0.1) is 0 Å². The smallest absolute Gasteiger partial charge is 0.317 e. The zero-order valence-corrected chi connectivity index (χ0v) is 21.6. The van der Waals surface area contributed by atoms with E-state index in [0.717, 1.165) is 19.6 Å². The quantitative estimate of drug-likeness (QED) is 0.0564. The largest absolute Gasteiger partial charge is 0.480 e. The van der Waals surface area contributed by atoms with E-state index < -0.39 is 24.5 Å². The van der Waals surface area contributed by atoms with Gasteiger partial charge in [0.25, 0.3) is 0 Å². The highest BCUT2D eigenvalue weighted by Crippen LogP contribution is 1.97.